The molecule has 0 unspecified atom stereocenters. The second kappa shape index (κ2) is 33.5. The van der Waals surface area contributed by atoms with Crippen LogP contribution < -0.4 is 21.3 Å². The van der Waals surface area contributed by atoms with Crippen LogP contribution in [0.5, 0.6) is 0 Å². The number of nitrogens with one attached hydrogen (secondary N) is 4. The van der Waals surface area contributed by atoms with Crippen LogP contribution in [-0.2, 0) is 88.2 Å². The molecule has 464 valence electrons. The second-order valence-electron chi connectivity index (χ2n) is 25.5. The number of nitrogens with zero attached hydrogens (tertiary/aromatic N) is 5. The molecule has 0 aliphatic heterocycles. The van der Waals surface area contributed by atoms with E-state index in [0.29, 0.717) is 89.2 Å². The van der Waals surface area contributed by atoms with E-state index >= 15 is 0 Å². The zero-order valence-electron chi connectivity index (χ0n) is 51.6. The predicted molar refractivity (Wildman–Crippen MR) is 304 cm³/mol. The molecule has 0 saturated carbocycles. The molecular weight excluding hydrogens is 1060 g/mol. The highest BCUT2D eigenvalue weighted by atomic mass is 16.6. The molecule has 4 amide bonds. The van der Waals surface area contributed by atoms with Gasteiger partial charge < -0.3 is 59.2 Å². The Labute approximate surface area is 485 Å². The van der Waals surface area contributed by atoms with Gasteiger partial charge in [0.1, 0.15) is 70.9 Å². The van der Waals surface area contributed by atoms with Gasteiger partial charge in [-0.15, -0.1) is 0 Å². The molecule has 2 heterocycles. The van der Waals surface area contributed by atoms with E-state index in [9.17, 15) is 48.3 Å². The molecule has 2 rings (SSSR count). The van der Waals surface area contributed by atoms with Crippen LogP contribution in [0.2, 0.25) is 0 Å². The highest BCUT2D eigenvalue weighted by molar-refractivity contribution is 5.88. The summed E-state index contributed by atoms with van der Waals surface area (Å²) in [6.45, 7) is 27.3. The summed E-state index contributed by atoms with van der Waals surface area (Å²) in [4.78, 5) is 126. The number of urea groups is 1. The molecular formula is C58H97N9O15. The average Bonchev–Trinajstić information content (AvgIpc) is 3.98. The van der Waals surface area contributed by atoms with Crippen molar-refractivity contribution in [1.82, 2.24) is 45.3 Å². The normalized spacial score (nSPS) is 13.3. The summed E-state index contributed by atoms with van der Waals surface area (Å²) in [7, 11) is 0. The first-order chi connectivity index (χ1) is 37.9. The van der Waals surface area contributed by atoms with Crippen molar-refractivity contribution < 1.29 is 71.9 Å². The zero-order chi connectivity index (χ0) is 62.1. The molecule has 24 heteroatoms. The standard InChI is InChI=1S/C58H97N9O15/c1-54(2,3)78-47(70)29-28-42(52(76)82-58(13,14)15)64-53(77)63-41(51(75)81-57(10,11)12)25-20-22-30-61-45(68)26-18-16-17-19-27-46(69)62-40(50(73)74)24-21-23-33-65(36-43-59-31-34-66(43)38-48(71)79-55(4,5)6)37-44-60-32-35-67(44)39-49(72)80-56(7,8)9/h31-32,34-35,40-42H,16-30,33,36-39H2,1-15H3,(H,61,68)(H,62,69)(H,73,74)(H2,63,64,77)/t40-,41-,42-/m0/s1. The first-order valence-corrected chi connectivity index (χ1v) is 28.6. The van der Waals surface area contributed by atoms with E-state index in [1.165, 1.54) is 0 Å². The smallest absolute Gasteiger partial charge is 0.329 e. The van der Waals surface area contributed by atoms with Gasteiger partial charge in [-0.2, -0.15) is 0 Å². The Bertz CT molecular complexity index is 2310. The quantitative estimate of drug-likeness (QED) is 0.0268. The van der Waals surface area contributed by atoms with Crippen molar-refractivity contribution in [3.63, 3.8) is 0 Å². The fraction of sp³-hybridized carbons (Fsp3) is 0.741. The highest BCUT2D eigenvalue weighted by Gasteiger charge is 2.32. The minimum Gasteiger partial charge on any atom is -0.480 e. The number of unbranched alkanes of at least 4 members (excludes halogenated alkanes) is 5. The number of aliphatic carboxylic acids is 1. The number of rotatable bonds is 34. The maximum atomic E-state index is 13.3. The molecule has 0 spiro atoms. The van der Waals surface area contributed by atoms with Crippen molar-refractivity contribution in [3.8, 4) is 0 Å². The van der Waals surface area contributed by atoms with Crippen molar-refractivity contribution >= 4 is 53.7 Å². The Balaban J connectivity index is 1.86. The lowest BCUT2D eigenvalue weighted by atomic mass is 10.1. The Kier molecular flexibility index (Phi) is 29.2. The highest BCUT2D eigenvalue weighted by Crippen LogP contribution is 2.18. The number of carboxylic acid groups (broad SMARTS) is 1. The number of carbonyl (C=O) groups excluding carboxylic acids is 8. The molecule has 2 aromatic rings. The first kappa shape index (κ1) is 71.5. The van der Waals surface area contributed by atoms with Gasteiger partial charge in [0.2, 0.25) is 11.8 Å². The van der Waals surface area contributed by atoms with Gasteiger partial charge in [0.25, 0.3) is 0 Å². The summed E-state index contributed by atoms with van der Waals surface area (Å²) in [6, 6.07) is -4.26. The summed E-state index contributed by atoms with van der Waals surface area (Å²) in [5.41, 5.74) is -3.82. The van der Waals surface area contributed by atoms with E-state index in [4.69, 9.17) is 23.7 Å². The molecule has 0 bridgehead atoms. The van der Waals surface area contributed by atoms with E-state index in [-0.39, 0.29) is 63.4 Å². The van der Waals surface area contributed by atoms with Gasteiger partial charge >= 0.3 is 41.8 Å². The minimum absolute atomic E-state index is 0.0478. The van der Waals surface area contributed by atoms with E-state index in [2.05, 4.69) is 31.2 Å². The lowest BCUT2D eigenvalue weighted by Crippen LogP contribution is -2.53. The molecule has 0 radical (unpaired) electrons. The van der Waals surface area contributed by atoms with Crippen LogP contribution in [0, 0.1) is 0 Å². The van der Waals surface area contributed by atoms with Gasteiger partial charge in [0, 0.05) is 50.6 Å². The zero-order valence-corrected chi connectivity index (χ0v) is 51.6. The number of hydrogen-bond acceptors (Lipinski definition) is 17. The molecule has 2 aromatic heterocycles. The van der Waals surface area contributed by atoms with Crippen LogP contribution in [0.25, 0.3) is 0 Å². The largest absolute Gasteiger partial charge is 0.480 e. The van der Waals surface area contributed by atoms with Crippen molar-refractivity contribution in [3.05, 3.63) is 36.4 Å². The van der Waals surface area contributed by atoms with Gasteiger partial charge in [-0.05, 0) is 168 Å². The molecule has 3 atom stereocenters. The third-order valence-electron chi connectivity index (χ3n) is 11.5. The topological polar surface area (TPSA) is 307 Å². The lowest BCUT2D eigenvalue weighted by molar-refractivity contribution is -0.159. The molecule has 5 N–H and O–H groups in total. The fourth-order valence-corrected chi connectivity index (χ4v) is 8.09. The summed E-state index contributed by atoms with van der Waals surface area (Å²) < 4.78 is 30.9. The number of ether oxygens (including phenoxy) is 5. The Morgan fingerprint density at radius 2 is 0.902 bits per heavy atom. The van der Waals surface area contributed by atoms with Crippen molar-refractivity contribution in [1.29, 1.82) is 0 Å². The lowest BCUT2D eigenvalue weighted by Gasteiger charge is -2.27. The van der Waals surface area contributed by atoms with Crippen LogP contribution in [0.4, 0.5) is 4.79 Å². The number of amides is 4. The Morgan fingerprint density at radius 1 is 0.488 bits per heavy atom. The number of aromatic nitrogens is 4. The molecule has 82 heavy (non-hydrogen) atoms. The van der Waals surface area contributed by atoms with Gasteiger partial charge in [-0.3, -0.25) is 28.9 Å². The number of hydrogen-bond donors (Lipinski definition) is 5. The number of esters is 5. The Hall–Kier alpha value is -6.59. The van der Waals surface area contributed by atoms with E-state index in [0.717, 1.165) is 0 Å². The second-order valence-corrected chi connectivity index (χ2v) is 25.5. The summed E-state index contributed by atoms with van der Waals surface area (Å²) >= 11 is 0. The van der Waals surface area contributed by atoms with Gasteiger partial charge in [0.15, 0.2) is 0 Å². The SMILES string of the molecule is CC(C)(C)OC(=O)CC[C@H](NC(=O)N[C@@H](CCCCNC(=O)CCCCCCC(=O)N[C@@H](CCCCN(Cc1nccn1CC(=O)OC(C)(C)C)Cc1nccn1CC(=O)OC(C)(C)C)C(=O)O)C(=O)OC(C)(C)C)C(=O)OC(C)(C)C. The van der Waals surface area contributed by atoms with Crippen LogP contribution in [0.15, 0.2) is 24.8 Å². The summed E-state index contributed by atoms with van der Waals surface area (Å²) in [5.74, 6) is -3.35. The van der Waals surface area contributed by atoms with Crippen molar-refractivity contribution in [2.75, 3.05) is 13.1 Å². The monoisotopic (exact) mass is 1160 g/mol. The molecule has 0 aliphatic rings. The molecule has 0 aromatic carbocycles. The third-order valence-corrected chi connectivity index (χ3v) is 11.5. The van der Waals surface area contributed by atoms with E-state index < -0.39 is 88.0 Å². The van der Waals surface area contributed by atoms with Crippen molar-refractivity contribution in [2.24, 2.45) is 0 Å². The van der Waals surface area contributed by atoms with Gasteiger partial charge in [-0.1, -0.05) is 12.8 Å². The number of imidazole rings is 2. The molecule has 24 nitrogen and oxygen atoms in total. The van der Waals surface area contributed by atoms with Crippen LogP contribution >= 0.6 is 0 Å². The van der Waals surface area contributed by atoms with Crippen LogP contribution in [-0.4, -0.2) is 142 Å². The van der Waals surface area contributed by atoms with Gasteiger partial charge in [0.05, 0.1) is 13.1 Å². The Morgan fingerprint density at radius 3 is 1.35 bits per heavy atom. The van der Waals surface area contributed by atoms with Gasteiger partial charge in [-0.25, -0.2) is 29.1 Å². The minimum atomic E-state index is -1.22. The summed E-state index contributed by atoms with van der Waals surface area (Å²) in [5, 5.41) is 20.7. The third kappa shape index (κ3) is 33.4. The maximum absolute atomic E-state index is 13.3. The molecule has 0 aliphatic carbocycles. The van der Waals surface area contributed by atoms with Crippen molar-refractivity contribution in [2.45, 2.75) is 266 Å². The van der Waals surface area contributed by atoms with Crippen LogP contribution in [0.1, 0.15) is 205 Å². The number of carbonyl (C=O) groups is 9. The van der Waals surface area contributed by atoms with E-state index in [1.54, 1.807) is 138 Å². The maximum Gasteiger partial charge on any atom is 0.329 e. The predicted octanol–water partition coefficient (Wildman–Crippen LogP) is 6.97. The summed E-state index contributed by atoms with van der Waals surface area (Å²) in [6.07, 6.45) is 11.3. The molecule has 0 saturated heterocycles. The van der Waals surface area contributed by atoms with E-state index in [1.807, 2.05) is 4.90 Å². The average molecular weight is 1160 g/mol. The molecule has 0 fully saturated rings. The van der Waals surface area contributed by atoms with Crippen LogP contribution in [0.3, 0.4) is 0 Å². The fourth-order valence-electron chi connectivity index (χ4n) is 8.09. The number of carboxylic acids is 1. The first-order valence-electron chi connectivity index (χ1n) is 28.6.